The van der Waals surface area contributed by atoms with E-state index in [9.17, 15) is 0 Å². The van der Waals surface area contributed by atoms with Crippen LogP contribution in [0.4, 0.5) is 0 Å². The Morgan fingerprint density at radius 3 is 2.88 bits per heavy atom. The van der Waals surface area contributed by atoms with Crippen molar-refractivity contribution in [3.63, 3.8) is 0 Å². The molecule has 0 aromatic rings. The fraction of sp³-hybridized carbons (Fsp3) is 1.00. The van der Waals surface area contributed by atoms with Gasteiger partial charge in [0, 0.05) is 39.9 Å². The van der Waals surface area contributed by atoms with Gasteiger partial charge in [0.1, 0.15) is 0 Å². The van der Waals surface area contributed by atoms with E-state index in [-0.39, 0.29) is 5.60 Å². The zero-order chi connectivity index (χ0) is 12.3. The van der Waals surface area contributed by atoms with Gasteiger partial charge in [0.2, 0.25) is 0 Å². The molecule has 2 fully saturated rings. The minimum Gasteiger partial charge on any atom is -0.380 e. The van der Waals surface area contributed by atoms with Gasteiger partial charge in [0.05, 0.1) is 11.7 Å². The Morgan fingerprint density at radius 1 is 1.41 bits per heavy atom. The molecule has 4 heteroatoms. The maximum Gasteiger partial charge on any atom is 0.0777 e. The van der Waals surface area contributed by atoms with Crippen molar-refractivity contribution in [3.8, 4) is 0 Å². The van der Waals surface area contributed by atoms with Crippen molar-refractivity contribution in [2.75, 3.05) is 40.4 Å². The first-order valence-corrected chi connectivity index (χ1v) is 6.69. The molecule has 1 N–H and O–H groups in total. The van der Waals surface area contributed by atoms with Gasteiger partial charge in [-0.1, -0.05) is 0 Å². The molecule has 0 aromatic carbocycles. The molecule has 4 nitrogen and oxygen atoms in total. The number of nitrogens with one attached hydrogen (secondary N) is 1. The Bertz CT molecular complexity index is 250. The second-order valence-corrected chi connectivity index (χ2v) is 5.69. The molecule has 17 heavy (non-hydrogen) atoms. The minimum absolute atomic E-state index is 0.0531. The molecule has 2 saturated heterocycles. The summed E-state index contributed by atoms with van der Waals surface area (Å²) in [5.41, 5.74) is 0.0531. The lowest BCUT2D eigenvalue weighted by molar-refractivity contribution is -0.0521. The van der Waals surface area contributed by atoms with E-state index in [1.807, 2.05) is 7.11 Å². The Balaban J connectivity index is 1.79. The molecule has 0 aliphatic carbocycles. The molecule has 0 spiro atoms. The number of likely N-dealkylation sites (tertiary alicyclic amines) is 1. The third-order valence-corrected chi connectivity index (χ3v) is 4.22. The summed E-state index contributed by atoms with van der Waals surface area (Å²) in [6.45, 7) is 6.60. The normalized spacial score (nSPS) is 39.7. The Kier molecular flexibility index (Phi) is 4.42. The number of methoxy groups -OCH3 is 2. The van der Waals surface area contributed by atoms with Gasteiger partial charge in [-0.2, -0.15) is 0 Å². The second kappa shape index (κ2) is 5.65. The molecule has 2 heterocycles. The van der Waals surface area contributed by atoms with Crippen LogP contribution in [0.5, 0.6) is 0 Å². The molecular weight excluding hydrogens is 216 g/mol. The van der Waals surface area contributed by atoms with E-state index in [2.05, 4.69) is 17.1 Å². The summed E-state index contributed by atoms with van der Waals surface area (Å²) >= 11 is 0. The topological polar surface area (TPSA) is 33.7 Å². The molecule has 0 amide bonds. The molecule has 2 aliphatic heterocycles. The predicted octanol–water partition coefficient (Wildman–Crippen LogP) is 0.864. The van der Waals surface area contributed by atoms with Gasteiger partial charge in [-0.25, -0.2) is 0 Å². The van der Waals surface area contributed by atoms with Crippen LogP contribution >= 0.6 is 0 Å². The summed E-state index contributed by atoms with van der Waals surface area (Å²) in [6.07, 6.45) is 3.96. The minimum atomic E-state index is 0.0531. The van der Waals surface area contributed by atoms with Crippen LogP contribution in [0.3, 0.4) is 0 Å². The largest absolute Gasteiger partial charge is 0.380 e. The molecule has 0 bridgehead atoms. The SMILES string of the molecule is COC1CNC(CN2CCCC(C)(OC)C2)C1. The number of hydrogen-bond acceptors (Lipinski definition) is 4. The predicted molar refractivity (Wildman–Crippen MR) is 68.3 cm³/mol. The Morgan fingerprint density at radius 2 is 2.24 bits per heavy atom. The molecule has 0 saturated carbocycles. The van der Waals surface area contributed by atoms with Crippen molar-refractivity contribution >= 4 is 0 Å². The molecule has 0 aromatic heterocycles. The first-order chi connectivity index (χ1) is 8.15. The van der Waals surface area contributed by atoms with Crippen molar-refractivity contribution in [1.29, 1.82) is 0 Å². The highest BCUT2D eigenvalue weighted by atomic mass is 16.5. The molecule has 0 radical (unpaired) electrons. The van der Waals surface area contributed by atoms with Gasteiger partial charge in [-0.05, 0) is 32.7 Å². The summed E-state index contributed by atoms with van der Waals surface area (Å²) in [6, 6.07) is 0.583. The lowest BCUT2D eigenvalue weighted by Gasteiger charge is -2.40. The van der Waals surface area contributed by atoms with Gasteiger partial charge in [-0.3, -0.25) is 4.90 Å². The maximum atomic E-state index is 5.63. The van der Waals surface area contributed by atoms with Crippen LogP contribution in [0.25, 0.3) is 0 Å². The molecule has 2 aliphatic rings. The van der Waals surface area contributed by atoms with E-state index in [4.69, 9.17) is 9.47 Å². The van der Waals surface area contributed by atoms with Crippen molar-refractivity contribution in [1.82, 2.24) is 10.2 Å². The lowest BCUT2D eigenvalue weighted by Crippen LogP contribution is -2.50. The van der Waals surface area contributed by atoms with Crippen molar-refractivity contribution < 1.29 is 9.47 Å². The fourth-order valence-electron chi connectivity index (χ4n) is 3.04. The summed E-state index contributed by atoms with van der Waals surface area (Å²) in [5.74, 6) is 0. The van der Waals surface area contributed by atoms with Crippen molar-refractivity contribution in [2.24, 2.45) is 0 Å². The highest BCUT2D eigenvalue weighted by Gasteiger charge is 2.33. The van der Waals surface area contributed by atoms with Gasteiger partial charge < -0.3 is 14.8 Å². The zero-order valence-corrected chi connectivity index (χ0v) is 11.4. The van der Waals surface area contributed by atoms with Crippen LogP contribution in [-0.4, -0.2) is 63.0 Å². The maximum absolute atomic E-state index is 5.63. The fourth-order valence-corrected chi connectivity index (χ4v) is 3.04. The molecule has 2 rings (SSSR count). The van der Waals surface area contributed by atoms with Crippen LogP contribution in [0.2, 0.25) is 0 Å². The standard InChI is InChI=1S/C13H26N2O2/c1-13(17-3)5-4-6-15(10-13)9-11-7-12(16-2)8-14-11/h11-12,14H,4-10H2,1-3H3. The van der Waals surface area contributed by atoms with E-state index in [1.54, 1.807) is 7.11 Å². The van der Waals surface area contributed by atoms with Gasteiger partial charge in [-0.15, -0.1) is 0 Å². The Labute approximate surface area is 105 Å². The quantitative estimate of drug-likeness (QED) is 0.793. The van der Waals surface area contributed by atoms with Gasteiger partial charge >= 0.3 is 0 Å². The highest BCUT2D eigenvalue weighted by molar-refractivity contribution is 4.89. The third kappa shape index (κ3) is 3.41. The highest BCUT2D eigenvalue weighted by Crippen LogP contribution is 2.24. The van der Waals surface area contributed by atoms with Crippen molar-refractivity contribution in [2.45, 2.75) is 43.9 Å². The van der Waals surface area contributed by atoms with Crippen LogP contribution in [-0.2, 0) is 9.47 Å². The smallest absolute Gasteiger partial charge is 0.0777 e. The molecule has 3 unspecified atom stereocenters. The van der Waals surface area contributed by atoms with E-state index < -0.39 is 0 Å². The summed E-state index contributed by atoms with van der Waals surface area (Å²) in [4.78, 5) is 2.53. The van der Waals surface area contributed by atoms with Gasteiger partial charge in [0.15, 0.2) is 0 Å². The summed E-state index contributed by atoms with van der Waals surface area (Å²) in [7, 11) is 3.63. The number of nitrogens with zero attached hydrogens (tertiary/aromatic N) is 1. The van der Waals surface area contributed by atoms with E-state index in [0.717, 1.165) is 26.1 Å². The van der Waals surface area contributed by atoms with Crippen molar-refractivity contribution in [3.05, 3.63) is 0 Å². The first-order valence-electron chi connectivity index (χ1n) is 6.69. The monoisotopic (exact) mass is 242 g/mol. The summed E-state index contributed by atoms with van der Waals surface area (Å²) < 4.78 is 11.0. The van der Waals surface area contributed by atoms with Crippen LogP contribution < -0.4 is 5.32 Å². The average Bonchev–Trinajstić information content (AvgIpc) is 2.77. The lowest BCUT2D eigenvalue weighted by atomic mass is 9.94. The van der Waals surface area contributed by atoms with E-state index in [0.29, 0.717) is 12.1 Å². The number of rotatable bonds is 4. The van der Waals surface area contributed by atoms with Crippen LogP contribution in [0.15, 0.2) is 0 Å². The third-order valence-electron chi connectivity index (χ3n) is 4.22. The average molecular weight is 242 g/mol. The number of piperidine rings is 1. The van der Waals surface area contributed by atoms with E-state index >= 15 is 0 Å². The number of hydrogen-bond donors (Lipinski definition) is 1. The first kappa shape index (κ1) is 13.3. The second-order valence-electron chi connectivity index (χ2n) is 5.69. The van der Waals surface area contributed by atoms with E-state index in [1.165, 1.54) is 19.4 Å². The zero-order valence-electron chi connectivity index (χ0n) is 11.4. The molecule has 100 valence electrons. The molecule has 3 atom stereocenters. The Hall–Kier alpha value is -0.160. The number of ether oxygens (including phenoxy) is 2. The summed E-state index contributed by atoms with van der Waals surface area (Å²) in [5, 5.41) is 3.54. The van der Waals surface area contributed by atoms with Crippen LogP contribution in [0, 0.1) is 0 Å². The van der Waals surface area contributed by atoms with Crippen LogP contribution in [0.1, 0.15) is 26.2 Å². The van der Waals surface area contributed by atoms with Gasteiger partial charge in [0.25, 0.3) is 0 Å². The molecular formula is C13H26N2O2.